The number of nitrogens with zero attached hydrogens (tertiary/aromatic N) is 2. The van der Waals surface area contributed by atoms with Crippen LogP contribution in [-0.2, 0) is 6.54 Å². The van der Waals surface area contributed by atoms with Crippen LogP contribution in [0.1, 0.15) is 39.5 Å². The average Bonchev–Trinajstić information content (AvgIpc) is 3.16. The number of aromatic nitrogens is 2. The third kappa shape index (κ3) is 3.96. The minimum absolute atomic E-state index is 0.211. The summed E-state index contributed by atoms with van der Waals surface area (Å²) >= 11 is 6.04. The Hall–Kier alpha value is -1.07. The standard InChI is InChI=1S/C14H22ClN3O2/c1-3-6-14(2,20)9-16-12-11(15)7-17-18(13(12)19)8-10-4-5-10/h7,10,16,20H,3-6,8-9H2,1-2H3. The lowest BCUT2D eigenvalue weighted by Crippen LogP contribution is -2.36. The number of halogens is 1. The highest BCUT2D eigenvalue weighted by molar-refractivity contribution is 6.32. The second-order valence-corrected chi connectivity index (χ2v) is 6.31. The summed E-state index contributed by atoms with van der Waals surface area (Å²) in [6.45, 7) is 4.71. The second kappa shape index (κ2) is 6.14. The lowest BCUT2D eigenvalue weighted by atomic mass is 10.0. The van der Waals surface area contributed by atoms with Gasteiger partial charge in [-0.2, -0.15) is 5.10 Å². The lowest BCUT2D eigenvalue weighted by Gasteiger charge is -2.23. The molecule has 1 aliphatic carbocycles. The minimum Gasteiger partial charge on any atom is -0.388 e. The van der Waals surface area contributed by atoms with Gasteiger partial charge in [-0.05, 0) is 32.1 Å². The van der Waals surface area contributed by atoms with Gasteiger partial charge in [-0.1, -0.05) is 24.9 Å². The molecule has 20 heavy (non-hydrogen) atoms. The Kier molecular flexibility index (Phi) is 4.70. The molecular weight excluding hydrogens is 278 g/mol. The van der Waals surface area contributed by atoms with Crippen molar-refractivity contribution in [3.8, 4) is 0 Å². The molecule has 112 valence electrons. The molecule has 1 unspecified atom stereocenters. The van der Waals surface area contributed by atoms with Gasteiger partial charge in [-0.25, -0.2) is 4.68 Å². The highest BCUT2D eigenvalue weighted by atomic mass is 35.5. The first-order valence-electron chi connectivity index (χ1n) is 7.15. The van der Waals surface area contributed by atoms with Crippen molar-refractivity contribution in [2.75, 3.05) is 11.9 Å². The topological polar surface area (TPSA) is 67.2 Å². The molecule has 1 heterocycles. The van der Waals surface area contributed by atoms with Gasteiger partial charge in [0, 0.05) is 13.1 Å². The van der Waals surface area contributed by atoms with Crippen molar-refractivity contribution in [3.05, 3.63) is 21.6 Å². The average molecular weight is 300 g/mol. The molecule has 2 N–H and O–H groups in total. The van der Waals surface area contributed by atoms with Crippen LogP contribution in [0.25, 0.3) is 0 Å². The largest absolute Gasteiger partial charge is 0.388 e. The molecule has 5 nitrogen and oxygen atoms in total. The molecule has 6 heteroatoms. The van der Waals surface area contributed by atoms with E-state index in [1.54, 1.807) is 6.92 Å². The van der Waals surface area contributed by atoms with E-state index in [4.69, 9.17) is 11.6 Å². The summed E-state index contributed by atoms with van der Waals surface area (Å²) in [6.07, 6.45) is 5.35. The molecule has 0 saturated heterocycles. The Labute approximate surface area is 124 Å². The third-order valence-corrected chi connectivity index (χ3v) is 3.85. The Morgan fingerprint density at radius 2 is 2.30 bits per heavy atom. The zero-order chi connectivity index (χ0) is 14.8. The summed E-state index contributed by atoms with van der Waals surface area (Å²) in [5.74, 6) is 0.567. The van der Waals surface area contributed by atoms with E-state index in [1.807, 2.05) is 6.92 Å². The normalized spacial score (nSPS) is 17.8. The SMILES string of the molecule is CCCC(C)(O)CNc1c(Cl)cnn(CC2CC2)c1=O. The molecule has 1 saturated carbocycles. The van der Waals surface area contributed by atoms with E-state index < -0.39 is 5.60 Å². The fraction of sp³-hybridized carbons (Fsp3) is 0.714. The van der Waals surface area contributed by atoms with Crippen LogP contribution in [0.5, 0.6) is 0 Å². The monoisotopic (exact) mass is 299 g/mol. The van der Waals surface area contributed by atoms with Gasteiger partial charge in [0.2, 0.25) is 0 Å². The zero-order valence-corrected chi connectivity index (χ0v) is 12.8. The molecule has 1 aromatic rings. The van der Waals surface area contributed by atoms with Gasteiger partial charge in [-0.15, -0.1) is 0 Å². The van der Waals surface area contributed by atoms with Gasteiger partial charge in [0.05, 0.1) is 16.8 Å². The van der Waals surface area contributed by atoms with Gasteiger partial charge in [0.15, 0.2) is 0 Å². The Balaban J connectivity index is 2.11. The molecule has 0 spiro atoms. The van der Waals surface area contributed by atoms with E-state index in [1.165, 1.54) is 10.9 Å². The van der Waals surface area contributed by atoms with E-state index in [0.717, 1.165) is 19.3 Å². The molecule has 0 aliphatic heterocycles. The van der Waals surface area contributed by atoms with E-state index in [0.29, 0.717) is 36.1 Å². The fourth-order valence-corrected chi connectivity index (χ4v) is 2.40. The zero-order valence-electron chi connectivity index (χ0n) is 12.0. The summed E-state index contributed by atoms with van der Waals surface area (Å²) in [4.78, 5) is 12.3. The first kappa shape index (κ1) is 15.3. The van der Waals surface area contributed by atoms with Gasteiger partial charge in [0.25, 0.3) is 5.56 Å². The van der Waals surface area contributed by atoms with E-state index in [2.05, 4.69) is 10.4 Å². The maximum absolute atomic E-state index is 12.3. The summed E-state index contributed by atoms with van der Waals surface area (Å²) < 4.78 is 1.46. The Morgan fingerprint density at radius 3 is 2.90 bits per heavy atom. The summed E-state index contributed by atoms with van der Waals surface area (Å²) in [6, 6.07) is 0. The van der Waals surface area contributed by atoms with Crippen molar-refractivity contribution in [2.45, 2.75) is 51.7 Å². The van der Waals surface area contributed by atoms with Crippen molar-refractivity contribution < 1.29 is 5.11 Å². The smallest absolute Gasteiger partial charge is 0.291 e. The minimum atomic E-state index is -0.852. The molecule has 1 atom stereocenters. The van der Waals surface area contributed by atoms with Crippen LogP contribution in [0.4, 0.5) is 5.69 Å². The van der Waals surface area contributed by atoms with E-state index in [9.17, 15) is 9.90 Å². The van der Waals surface area contributed by atoms with Crippen LogP contribution in [0.3, 0.4) is 0 Å². The molecule has 1 aliphatic rings. The van der Waals surface area contributed by atoms with Crippen LogP contribution in [0, 0.1) is 5.92 Å². The molecule has 1 fully saturated rings. The van der Waals surface area contributed by atoms with Gasteiger partial charge < -0.3 is 10.4 Å². The summed E-state index contributed by atoms with van der Waals surface area (Å²) in [5, 5.41) is 17.5. The van der Waals surface area contributed by atoms with Gasteiger partial charge in [0.1, 0.15) is 5.69 Å². The number of aliphatic hydroxyl groups is 1. The Bertz CT molecular complexity index is 524. The number of anilines is 1. The number of nitrogens with one attached hydrogen (secondary N) is 1. The van der Waals surface area contributed by atoms with Crippen molar-refractivity contribution >= 4 is 17.3 Å². The summed E-state index contributed by atoms with van der Waals surface area (Å²) in [5.41, 5.74) is -0.731. The van der Waals surface area contributed by atoms with Crippen LogP contribution >= 0.6 is 11.6 Å². The van der Waals surface area contributed by atoms with Crippen LogP contribution in [0.15, 0.2) is 11.0 Å². The van der Waals surface area contributed by atoms with Crippen LogP contribution in [0.2, 0.25) is 5.02 Å². The maximum atomic E-state index is 12.3. The lowest BCUT2D eigenvalue weighted by molar-refractivity contribution is 0.0636. The third-order valence-electron chi connectivity index (χ3n) is 3.56. The molecular formula is C14H22ClN3O2. The van der Waals surface area contributed by atoms with Gasteiger partial charge >= 0.3 is 0 Å². The molecule has 0 aromatic carbocycles. The van der Waals surface area contributed by atoms with Gasteiger partial charge in [-0.3, -0.25) is 4.79 Å². The molecule has 2 rings (SSSR count). The molecule has 0 amide bonds. The first-order valence-corrected chi connectivity index (χ1v) is 7.52. The maximum Gasteiger partial charge on any atom is 0.291 e. The first-order chi connectivity index (χ1) is 9.43. The highest BCUT2D eigenvalue weighted by Crippen LogP contribution is 2.30. The number of rotatable bonds is 7. The molecule has 0 bridgehead atoms. The molecule has 0 radical (unpaired) electrons. The number of hydrogen-bond acceptors (Lipinski definition) is 4. The predicted molar refractivity (Wildman–Crippen MR) is 80.3 cm³/mol. The van der Waals surface area contributed by atoms with Crippen LogP contribution < -0.4 is 10.9 Å². The Morgan fingerprint density at radius 1 is 1.60 bits per heavy atom. The van der Waals surface area contributed by atoms with Crippen molar-refractivity contribution in [2.24, 2.45) is 5.92 Å². The summed E-state index contributed by atoms with van der Waals surface area (Å²) in [7, 11) is 0. The van der Waals surface area contributed by atoms with Crippen molar-refractivity contribution in [3.63, 3.8) is 0 Å². The quantitative estimate of drug-likeness (QED) is 0.810. The van der Waals surface area contributed by atoms with Crippen molar-refractivity contribution in [1.82, 2.24) is 9.78 Å². The fourth-order valence-electron chi connectivity index (χ4n) is 2.21. The van der Waals surface area contributed by atoms with Crippen molar-refractivity contribution in [1.29, 1.82) is 0 Å². The van der Waals surface area contributed by atoms with E-state index in [-0.39, 0.29) is 5.56 Å². The van der Waals surface area contributed by atoms with Crippen LogP contribution in [-0.4, -0.2) is 27.0 Å². The molecule has 1 aromatic heterocycles. The highest BCUT2D eigenvalue weighted by Gasteiger charge is 2.24. The predicted octanol–water partition coefficient (Wildman–Crippen LogP) is 2.27. The number of hydrogen-bond donors (Lipinski definition) is 2. The van der Waals surface area contributed by atoms with E-state index >= 15 is 0 Å². The second-order valence-electron chi connectivity index (χ2n) is 5.90.